The van der Waals surface area contributed by atoms with Crippen LogP contribution in [-0.2, 0) is 4.74 Å². The Balaban J connectivity index is 3.34. The van der Waals surface area contributed by atoms with E-state index in [1.54, 1.807) is 6.92 Å². The number of aryl methyl sites for hydroxylation is 1. The predicted molar refractivity (Wildman–Crippen MR) is 54.9 cm³/mol. The van der Waals surface area contributed by atoms with Crippen molar-refractivity contribution in [3.63, 3.8) is 0 Å². The second-order valence-electron chi connectivity index (χ2n) is 3.04. The minimum absolute atomic E-state index is 0.112. The third kappa shape index (κ3) is 2.47. The first-order chi connectivity index (χ1) is 7.49. The molecule has 1 rings (SSSR count). The van der Waals surface area contributed by atoms with Gasteiger partial charge in [0.15, 0.2) is 0 Å². The maximum atomic E-state index is 12.7. The molecule has 3 nitrogen and oxygen atoms in total. The minimum Gasteiger partial charge on any atom is -0.462 e. The van der Waals surface area contributed by atoms with Gasteiger partial charge in [0, 0.05) is 6.20 Å². The first kappa shape index (κ1) is 12.8. The number of carbonyl (C=O) groups is 1. The van der Waals surface area contributed by atoms with E-state index in [0.717, 1.165) is 0 Å². The van der Waals surface area contributed by atoms with Crippen LogP contribution in [0, 0.1) is 6.92 Å². The standard InChI is InChI=1S/C10H10ClF2NO2/c1-3-16-10(15)6-5(2)4-14-8(11)7(6)9(12)13/h4,9H,3H2,1-2H3. The molecule has 0 radical (unpaired) electrons. The van der Waals surface area contributed by atoms with Crippen molar-refractivity contribution in [3.05, 3.63) is 28.0 Å². The number of ether oxygens (including phenoxy) is 1. The van der Waals surface area contributed by atoms with Crippen LogP contribution >= 0.6 is 11.6 Å². The normalized spacial score (nSPS) is 10.6. The minimum atomic E-state index is -2.86. The molecule has 0 spiro atoms. The molecule has 1 aromatic heterocycles. The smallest absolute Gasteiger partial charge is 0.339 e. The van der Waals surface area contributed by atoms with E-state index in [-0.39, 0.29) is 17.3 Å². The Kier molecular flexibility index (Phi) is 4.18. The Morgan fingerprint density at radius 2 is 2.25 bits per heavy atom. The van der Waals surface area contributed by atoms with Crippen LogP contribution in [0.3, 0.4) is 0 Å². The van der Waals surface area contributed by atoms with Crippen molar-refractivity contribution in [2.45, 2.75) is 20.3 Å². The number of esters is 1. The van der Waals surface area contributed by atoms with Crippen molar-refractivity contribution >= 4 is 17.6 Å². The molecule has 6 heteroatoms. The van der Waals surface area contributed by atoms with Gasteiger partial charge in [-0.2, -0.15) is 0 Å². The van der Waals surface area contributed by atoms with Gasteiger partial charge in [-0.3, -0.25) is 0 Å². The number of rotatable bonds is 3. The highest BCUT2D eigenvalue weighted by atomic mass is 35.5. The molecule has 0 aliphatic carbocycles. The van der Waals surface area contributed by atoms with Gasteiger partial charge in [-0.05, 0) is 19.4 Å². The Hall–Kier alpha value is -1.23. The zero-order chi connectivity index (χ0) is 12.3. The van der Waals surface area contributed by atoms with E-state index in [0.29, 0.717) is 5.56 Å². The van der Waals surface area contributed by atoms with Crippen LogP contribution in [0.1, 0.15) is 34.8 Å². The van der Waals surface area contributed by atoms with Crippen LogP contribution in [0.4, 0.5) is 8.78 Å². The number of hydrogen-bond acceptors (Lipinski definition) is 3. The van der Waals surface area contributed by atoms with Crippen LogP contribution in [0.2, 0.25) is 5.15 Å². The molecule has 88 valence electrons. The summed E-state index contributed by atoms with van der Waals surface area (Å²) in [6.07, 6.45) is -1.60. The lowest BCUT2D eigenvalue weighted by Gasteiger charge is -2.11. The van der Waals surface area contributed by atoms with Gasteiger partial charge in [-0.1, -0.05) is 11.6 Å². The molecule has 0 saturated carbocycles. The van der Waals surface area contributed by atoms with Gasteiger partial charge < -0.3 is 4.74 Å². The highest BCUT2D eigenvalue weighted by molar-refractivity contribution is 6.30. The fraction of sp³-hybridized carbons (Fsp3) is 0.400. The van der Waals surface area contributed by atoms with Gasteiger partial charge in [0.1, 0.15) is 5.15 Å². The molecule has 0 unspecified atom stereocenters. The highest BCUT2D eigenvalue weighted by Gasteiger charge is 2.25. The SMILES string of the molecule is CCOC(=O)c1c(C)cnc(Cl)c1C(F)F. The number of nitrogens with zero attached hydrogens (tertiary/aromatic N) is 1. The molecule has 0 bridgehead atoms. The third-order valence-electron chi connectivity index (χ3n) is 1.96. The van der Waals surface area contributed by atoms with E-state index in [4.69, 9.17) is 16.3 Å². The van der Waals surface area contributed by atoms with Gasteiger partial charge in [0.05, 0.1) is 17.7 Å². The molecule has 0 aromatic carbocycles. The molecule has 0 atom stereocenters. The van der Waals surface area contributed by atoms with E-state index in [1.807, 2.05) is 0 Å². The van der Waals surface area contributed by atoms with Gasteiger partial charge in [-0.25, -0.2) is 18.6 Å². The van der Waals surface area contributed by atoms with Gasteiger partial charge in [0.2, 0.25) is 0 Å². The monoisotopic (exact) mass is 249 g/mol. The summed E-state index contributed by atoms with van der Waals surface area (Å²) in [5, 5.41) is -0.372. The molecule has 1 heterocycles. The number of hydrogen-bond donors (Lipinski definition) is 0. The predicted octanol–water partition coefficient (Wildman–Crippen LogP) is 3.16. The van der Waals surface area contributed by atoms with E-state index >= 15 is 0 Å². The Labute approximate surface area is 96.4 Å². The van der Waals surface area contributed by atoms with Crippen molar-refractivity contribution in [1.82, 2.24) is 4.98 Å². The summed E-state index contributed by atoms with van der Waals surface area (Å²) in [5.41, 5.74) is -0.449. The first-order valence-corrected chi connectivity index (χ1v) is 4.97. The maximum Gasteiger partial charge on any atom is 0.339 e. The van der Waals surface area contributed by atoms with Crippen LogP contribution in [0.25, 0.3) is 0 Å². The van der Waals surface area contributed by atoms with Crippen LogP contribution < -0.4 is 0 Å². The van der Waals surface area contributed by atoms with Crippen molar-refractivity contribution in [2.24, 2.45) is 0 Å². The molecule has 1 aromatic rings. The number of pyridine rings is 1. The van der Waals surface area contributed by atoms with Crippen LogP contribution in [-0.4, -0.2) is 17.6 Å². The molecule has 0 saturated heterocycles. The van der Waals surface area contributed by atoms with Crippen LogP contribution in [0.5, 0.6) is 0 Å². The van der Waals surface area contributed by atoms with Crippen molar-refractivity contribution in [1.29, 1.82) is 0 Å². The number of halogens is 3. The van der Waals surface area contributed by atoms with Crippen LogP contribution in [0.15, 0.2) is 6.20 Å². The summed E-state index contributed by atoms with van der Waals surface area (Å²) >= 11 is 5.54. The molecule has 0 N–H and O–H groups in total. The second-order valence-corrected chi connectivity index (χ2v) is 3.40. The molecular formula is C10H10ClF2NO2. The lowest BCUT2D eigenvalue weighted by Crippen LogP contribution is -2.12. The average Bonchev–Trinajstić information content (AvgIpc) is 2.20. The summed E-state index contributed by atoms with van der Waals surface area (Å²) < 4.78 is 30.2. The van der Waals surface area contributed by atoms with Gasteiger partial charge in [-0.15, -0.1) is 0 Å². The zero-order valence-corrected chi connectivity index (χ0v) is 9.52. The summed E-state index contributed by atoms with van der Waals surface area (Å²) in [6.45, 7) is 3.21. The van der Waals surface area contributed by atoms with Crippen molar-refractivity contribution in [2.75, 3.05) is 6.61 Å². The summed E-state index contributed by atoms with van der Waals surface area (Å²) in [5.74, 6) is -0.806. The van der Waals surface area contributed by atoms with Crippen molar-refractivity contribution < 1.29 is 18.3 Å². The topological polar surface area (TPSA) is 39.2 Å². The number of alkyl halides is 2. The van der Waals surface area contributed by atoms with E-state index in [2.05, 4.69) is 4.98 Å². The number of carbonyl (C=O) groups excluding carboxylic acids is 1. The molecule has 0 aliphatic heterocycles. The summed E-state index contributed by atoms with van der Waals surface area (Å²) in [4.78, 5) is 15.1. The highest BCUT2D eigenvalue weighted by Crippen LogP contribution is 2.30. The van der Waals surface area contributed by atoms with Gasteiger partial charge in [0.25, 0.3) is 6.43 Å². The molecule has 0 fully saturated rings. The Morgan fingerprint density at radius 3 is 2.75 bits per heavy atom. The molecular weight excluding hydrogens is 240 g/mol. The summed E-state index contributed by atoms with van der Waals surface area (Å²) in [7, 11) is 0. The molecule has 0 amide bonds. The van der Waals surface area contributed by atoms with Gasteiger partial charge >= 0.3 is 5.97 Å². The third-order valence-corrected chi connectivity index (χ3v) is 2.26. The first-order valence-electron chi connectivity index (χ1n) is 4.59. The largest absolute Gasteiger partial charge is 0.462 e. The van der Waals surface area contributed by atoms with Crippen molar-refractivity contribution in [3.8, 4) is 0 Å². The number of aromatic nitrogens is 1. The lowest BCUT2D eigenvalue weighted by molar-refractivity contribution is 0.0514. The quantitative estimate of drug-likeness (QED) is 0.610. The second kappa shape index (κ2) is 5.21. The van der Waals surface area contributed by atoms with E-state index < -0.39 is 18.0 Å². The fourth-order valence-corrected chi connectivity index (χ4v) is 1.50. The Bertz CT molecular complexity index is 410. The molecule has 16 heavy (non-hydrogen) atoms. The summed E-state index contributed by atoms with van der Waals surface area (Å²) in [6, 6.07) is 0. The lowest BCUT2D eigenvalue weighted by atomic mass is 10.1. The average molecular weight is 250 g/mol. The molecule has 0 aliphatic rings. The van der Waals surface area contributed by atoms with E-state index in [1.165, 1.54) is 13.1 Å². The van der Waals surface area contributed by atoms with E-state index in [9.17, 15) is 13.6 Å². The fourth-order valence-electron chi connectivity index (χ4n) is 1.28. The zero-order valence-electron chi connectivity index (χ0n) is 8.76. The maximum absolute atomic E-state index is 12.7. The Morgan fingerprint density at radius 1 is 1.62 bits per heavy atom.